The van der Waals surface area contributed by atoms with Crippen LogP contribution in [0.1, 0.15) is 33.6 Å². The molecule has 0 aromatic rings. The first-order valence-electron chi connectivity index (χ1n) is 9.56. The average Bonchev–Trinajstić information content (AvgIpc) is 2.92. The quantitative estimate of drug-likeness (QED) is 0.436. The van der Waals surface area contributed by atoms with Crippen molar-refractivity contribution in [2.24, 2.45) is 22.7 Å². The van der Waals surface area contributed by atoms with Crippen molar-refractivity contribution < 1.29 is 29.9 Å². The number of ether oxygens (including phenoxy) is 2. The summed E-state index contributed by atoms with van der Waals surface area (Å²) in [6, 6.07) is 0. The molecule has 0 aromatic carbocycles. The molecule has 1 heterocycles. The van der Waals surface area contributed by atoms with Gasteiger partial charge in [-0.2, -0.15) is 0 Å². The first-order chi connectivity index (χ1) is 12.6. The molecule has 0 aromatic heterocycles. The molecule has 6 heteroatoms. The molecule has 0 radical (unpaired) electrons. The molecule has 1 saturated carbocycles. The topological polar surface area (TPSA) is 99.4 Å². The van der Waals surface area contributed by atoms with Crippen LogP contribution in [-0.2, 0) is 9.47 Å². The fourth-order valence-electron chi connectivity index (χ4n) is 5.52. The molecule has 0 unspecified atom stereocenters. The van der Waals surface area contributed by atoms with Gasteiger partial charge in [-0.1, -0.05) is 44.2 Å². The van der Waals surface area contributed by atoms with Gasteiger partial charge in [-0.05, 0) is 42.6 Å². The van der Waals surface area contributed by atoms with Crippen molar-refractivity contribution in [1.29, 1.82) is 0 Å². The Bertz CT molecular complexity index is 657. The van der Waals surface area contributed by atoms with E-state index in [2.05, 4.69) is 19.6 Å². The van der Waals surface area contributed by atoms with Gasteiger partial charge in [0.25, 0.3) is 0 Å². The number of rotatable bonds is 4. The van der Waals surface area contributed by atoms with Crippen LogP contribution in [0.25, 0.3) is 0 Å². The van der Waals surface area contributed by atoms with Crippen molar-refractivity contribution >= 4 is 0 Å². The summed E-state index contributed by atoms with van der Waals surface area (Å²) in [5.41, 5.74) is -0.290. The molecule has 1 spiro atoms. The molecule has 6 nitrogen and oxygen atoms in total. The van der Waals surface area contributed by atoms with E-state index in [-0.39, 0.29) is 17.9 Å². The maximum absolute atomic E-state index is 11.1. The molecule has 2 aliphatic carbocycles. The summed E-state index contributed by atoms with van der Waals surface area (Å²) < 4.78 is 10.9. The zero-order chi connectivity index (χ0) is 20.1. The molecule has 152 valence electrons. The van der Waals surface area contributed by atoms with Gasteiger partial charge >= 0.3 is 0 Å². The maximum Gasteiger partial charge on any atom is 0.181 e. The van der Waals surface area contributed by atoms with Gasteiger partial charge in [0.15, 0.2) is 12.6 Å². The largest absolute Gasteiger partial charge is 0.390 e. The second-order valence-electron chi connectivity index (χ2n) is 8.54. The van der Waals surface area contributed by atoms with E-state index in [9.17, 15) is 20.4 Å². The van der Waals surface area contributed by atoms with E-state index in [0.29, 0.717) is 18.4 Å². The lowest BCUT2D eigenvalue weighted by atomic mass is 9.44. The lowest BCUT2D eigenvalue weighted by Crippen LogP contribution is -2.67. The molecule has 0 amide bonds. The van der Waals surface area contributed by atoms with Gasteiger partial charge in [-0.3, -0.25) is 0 Å². The second kappa shape index (κ2) is 7.10. The van der Waals surface area contributed by atoms with Crippen LogP contribution < -0.4 is 0 Å². The zero-order valence-corrected chi connectivity index (χ0v) is 16.5. The van der Waals surface area contributed by atoms with Crippen LogP contribution in [0.5, 0.6) is 0 Å². The van der Waals surface area contributed by atoms with Crippen molar-refractivity contribution in [3.05, 3.63) is 36.0 Å². The Morgan fingerprint density at radius 1 is 1.37 bits per heavy atom. The molecule has 0 bridgehead atoms. The van der Waals surface area contributed by atoms with E-state index >= 15 is 0 Å². The third-order valence-corrected chi connectivity index (χ3v) is 7.49. The predicted molar refractivity (Wildman–Crippen MR) is 100 cm³/mol. The molecular weight excluding hydrogens is 348 g/mol. The summed E-state index contributed by atoms with van der Waals surface area (Å²) in [5.74, 6) is -0.497. The van der Waals surface area contributed by atoms with Crippen LogP contribution in [0, 0.1) is 22.7 Å². The first kappa shape index (κ1) is 20.7. The monoisotopic (exact) mass is 380 g/mol. The summed E-state index contributed by atoms with van der Waals surface area (Å²) >= 11 is 0. The Balaban J connectivity index is 2.18. The Morgan fingerprint density at radius 2 is 2.04 bits per heavy atom. The van der Waals surface area contributed by atoms with Crippen LogP contribution in [0.15, 0.2) is 36.0 Å². The summed E-state index contributed by atoms with van der Waals surface area (Å²) in [5, 5.41) is 43.2. The van der Waals surface area contributed by atoms with Crippen molar-refractivity contribution in [2.75, 3.05) is 7.11 Å². The highest BCUT2D eigenvalue weighted by atomic mass is 16.7. The number of aliphatic hydroxyl groups is 4. The molecule has 27 heavy (non-hydrogen) atoms. The molecule has 9 atom stereocenters. The van der Waals surface area contributed by atoms with Gasteiger partial charge in [-0.25, -0.2) is 0 Å². The second-order valence-corrected chi connectivity index (χ2v) is 8.54. The smallest absolute Gasteiger partial charge is 0.181 e. The Kier molecular flexibility index (Phi) is 5.45. The Hall–Kier alpha value is -1.02. The third kappa shape index (κ3) is 2.77. The molecule has 1 aliphatic heterocycles. The van der Waals surface area contributed by atoms with Gasteiger partial charge < -0.3 is 29.9 Å². The number of aliphatic hydroxyl groups excluding tert-OH is 4. The standard InChI is InChI=1S/C21H32O6/c1-6-11(2)7-8-20(4)12(3)16(22)17(23)21-14(18(24)27-19(21)25)9-13(26-5)10-15(20)21/h6-7,9,12-13,15-19,22-25H,1,8,10H2,2-5H3/b11-7+/t12-,13+,15+,16-,17+,18+,19-,20-,21-/m1/s1. The van der Waals surface area contributed by atoms with Gasteiger partial charge in [0.05, 0.1) is 23.7 Å². The van der Waals surface area contributed by atoms with Crippen molar-refractivity contribution in [3.8, 4) is 0 Å². The van der Waals surface area contributed by atoms with Crippen LogP contribution in [0.3, 0.4) is 0 Å². The molecule has 2 fully saturated rings. The molecule has 4 N–H and O–H groups in total. The lowest BCUT2D eigenvalue weighted by Gasteiger charge is -2.61. The molecule has 3 rings (SSSR count). The van der Waals surface area contributed by atoms with Gasteiger partial charge in [0.1, 0.15) is 0 Å². The van der Waals surface area contributed by atoms with E-state index in [1.807, 2.05) is 13.8 Å². The summed E-state index contributed by atoms with van der Waals surface area (Å²) in [6.45, 7) is 9.75. The van der Waals surface area contributed by atoms with Crippen molar-refractivity contribution in [3.63, 3.8) is 0 Å². The van der Waals surface area contributed by atoms with Crippen LogP contribution >= 0.6 is 0 Å². The fourth-order valence-corrected chi connectivity index (χ4v) is 5.52. The predicted octanol–water partition coefficient (Wildman–Crippen LogP) is 1.50. The summed E-state index contributed by atoms with van der Waals surface area (Å²) in [4.78, 5) is 0. The minimum absolute atomic E-state index is 0.237. The summed E-state index contributed by atoms with van der Waals surface area (Å²) in [7, 11) is 1.60. The van der Waals surface area contributed by atoms with E-state index in [4.69, 9.17) is 9.47 Å². The Labute approximate surface area is 160 Å². The zero-order valence-electron chi connectivity index (χ0n) is 16.5. The van der Waals surface area contributed by atoms with E-state index in [0.717, 1.165) is 5.57 Å². The van der Waals surface area contributed by atoms with Gasteiger partial charge in [0.2, 0.25) is 0 Å². The van der Waals surface area contributed by atoms with E-state index in [1.54, 1.807) is 19.3 Å². The fraction of sp³-hybridized carbons (Fsp3) is 0.714. The van der Waals surface area contributed by atoms with Crippen LogP contribution in [0.2, 0.25) is 0 Å². The lowest BCUT2D eigenvalue weighted by molar-refractivity contribution is -0.265. The van der Waals surface area contributed by atoms with Gasteiger partial charge in [0, 0.05) is 7.11 Å². The molecule has 3 aliphatic rings. The van der Waals surface area contributed by atoms with Crippen molar-refractivity contribution in [1.82, 2.24) is 0 Å². The maximum atomic E-state index is 11.1. The van der Waals surface area contributed by atoms with Gasteiger partial charge in [-0.15, -0.1) is 0 Å². The molecular formula is C21H32O6. The Morgan fingerprint density at radius 3 is 2.63 bits per heavy atom. The molecule has 1 saturated heterocycles. The number of allylic oxidation sites excluding steroid dienone is 3. The normalized spacial score (nSPS) is 50.0. The minimum atomic E-state index is -1.40. The summed E-state index contributed by atoms with van der Waals surface area (Å²) in [6.07, 6.45) is 1.47. The van der Waals surface area contributed by atoms with Crippen LogP contribution in [0.4, 0.5) is 0 Å². The third-order valence-electron chi connectivity index (χ3n) is 7.49. The van der Waals surface area contributed by atoms with Crippen LogP contribution in [-0.4, -0.2) is 58.4 Å². The number of hydrogen-bond acceptors (Lipinski definition) is 6. The number of hydrogen-bond donors (Lipinski definition) is 4. The highest BCUT2D eigenvalue weighted by molar-refractivity contribution is 5.35. The van der Waals surface area contributed by atoms with E-state index < -0.39 is 35.6 Å². The highest BCUT2D eigenvalue weighted by Gasteiger charge is 2.71. The SMILES string of the molecule is C=C/C(C)=C/C[C@]1(C)[C@H](C)[C@@H](O)[C@H](O)[C@@]23C(=C[C@H](OC)C[C@@H]12)[C@@H](O)O[C@H]3O. The average molecular weight is 380 g/mol. The minimum Gasteiger partial charge on any atom is -0.390 e. The van der Waals surface area contributed by atoms with Crippen molar-refractivity contribution in [2.45, 2.75) is 64.5 Å². The first-order valence-corrected chi connectivity index (χ1v) is 9.56. The van der Waals surface area contributed by atoms with E-state index in [1.165, 1.54) is 0 Å². The number of methoxy groups -OCH3 is 1. The highest BCUT2D eigenvalue weighted by Crippen LogP contribution is 2.66.